The van der Waals surface area contributed by atoms with E-state index < -0.39 is 68.5 Å². The number of nitrogen functional groups attached to an aromatic ring is 1. The molecule has 1 aromatic carbocycles. The Kier molecular flexibility index (Phi) is 7.62. The number of benzene rings is 1. The lowest BCUT2D eigenvalue weighted by atomic mass is 9.98. The summed E-state index contributed by atoms with van der Waals surface area (Å²) in [5, 5.41) is 52.0. The highest BCUT2D eigenvalue weighted by Crippen LogP contribution is 2.36. The Bertz CT molecular complexity index is 1180. The minimum Gasteiger partial charge on any atom is -0.394 e. The molecule has 9 atom stereocenters. The maximum absolute atomic E-state index is 11.2. The Morgan fingerprint density at radius 1 is 0.892 bits per heavy atom. The summed E-state index contributed by atoms with van der Waals surface area (Å²) in [6, 6.07) is 9.15. The molecule has 0 spiro atoms. The lowest BCUT2D eigenvalue weighted by Crippen LogP contribution is -2.61. The van der Waals surface area contributed by atoms with Gasteiger partial charge in [0.25, 0.3) is 0 Å². The summed E-state index contributed by atoms with van der Waals surface area (Å²) in [5.41, 5.74) is 7.28. The first-order chi connectivity index (χ1) is 17.9. The number of rotatable bonds is 8. The predicted octanol–water partition coefficient (Wildman–Crippen LogP) is -1.93. The molecule has 2 fully saturated rings. The second-order valence-electron chi connectivity index (χ2n) is 8.89. The maximum atomic E-state index is 11.2. The molecule has 14 nitrogen and oxygen atoms in total. The first-order valence-corrected chi connectivity index (χ1v) is 11.7. The number of nitrogens with two attached hydrogens (primary N) is 1. The molecular weight excluding hydrogens is 490 g/mol. The molecule has 0 aliphatic carbocycles. The normalized spacial score (nSPS) is 34.2. The Hall–Kier alpha value is -2.79. The van der Waals surface area contributed by atoms with Crippen LogP contribution in [0.15, 0.2) is 43.0 Å². The third kappa shape index (κ3) is 4.90. The van der Waals surface area contributed by atoms with Gasteiger partial charge in [0.1, 0.15) is 54.6 Å². The van der Waals surface area contributed by atoms with E-state index in [1.165, 1.54) is 17.2 Å². The number of aliphatic hydroxyl groups excluding tert-OH is 5. The van der Waals surface area contributed by atoms with Crippen molar-refractivity contribution in [2.24, 2.45) is 0 Å². The molecule has 0 radical (unpaired) electrons. The van der Waals surface area contributed by atoms with E-state index >= 15 is 0 Å². The number of fused-ring (bicyclic) bond motifs is 1. The minimum absolute atomic E-state index is 0.0697. The van der Waals surface area contributed by atoms with Gasteiger partial charge in [-0.05, 0) is 5.56 Å². The number of ether oxygens (including phenoxy) is 4. The minimum atomic E-state index is -1.47. The van der Waals surface area contributed by atoms with Crippen LogP contribution in [0.3, 0.4) is 0 Å². The maximum Gasteiger partial charge on any atom is 0.187 e. The predicted molar refractivity (Wildman–Crippen MR) is 124 cm³/mol. The third-order valence-corrected chi connectivity index (χ3v) is 6.55. The molecule has 14 heteroatoms. The number of nitrogens with zero attached hydrogens (tertiary/aromatic N) is 4. The quantitative estimate of drug-likeness (QED) is 0.192. The van der Waals surface area contributed by atoms with Crippen LogP contribution < -0.4 is 5.73 Å². The molecule has 2 aromatic heterocycles. The fraction of sp³-hybridized carbons (Fsp3) is 0.522. The smallest absolute Gasteiger partial charge is 0.187 e. The molecule has 3 aromatic rings. The van der Waals surface area contributed by atoms with Crippen LogP contribution in [0.4, 0.5) is 5.82 Å². The van der Waals surface area contributed by atoms with Crippen LogP contribution in [0.5, 0.6) is 0 Å². The number of aliphatic hydroxyl groups is 5. The van der Waals surface area contributed by atoms with E-state index in [9.17, 15) is 25.5 Å². The van der Waals surface area contributed by atoms with Gasteiger partial charge in [-0.25, -0.2) is 15.0 Å². The average molecular weight is 520 g/mol. The summed E-state index contributed by atoms with van der Waals surface area (Å²) in [7, 11) is 0. The first kappa shape index (κ1) is 25.8. The van der Waals surface area contributed by atoms with Crippen molar-refractivity contribution in [1.29, 1.82) is 0 Å². The van der Waals surface area contributed by atoms with E-state index in [0.29, 0.717) is 11.2 Å². The van der Waals surface area contributed by atoms with Crippen LogP contribution in [0.1, 0.15) is 11.8 Å². The summed E-state index contributed by atoms with van der Waals surface area (Å²) >= 11 is 0. The molecule has 0 saturated carbocycles. The highest BCUT2D eigenvalue weighted by molar-refractivity contribution is 5.81. The summed E-state index contributed by atoms with van der Waals surface area (Å²) < 4.78 is 24.9. The summed E-state index contributed by atoms with van der Waals surface area (Å²) in [4.78, 5) is 12.2. The van der Waals surface area contributed by atoms with E-state index in [2.05, 4.69) is 15.0 Å². The van der Waals surface area contributed by atoms with Crippen LogP contribution in [-0.4, -0.2) is 107 Å². The second-order valence-corrected chi connectivity index (χ2v) is 8.89. The van der Waals surface area contributed by atoms with Gasteiger partial charge in [0, 0.05) is 0 Å². The summed E-state index contributed by atoms with van der Waals surface area (Å²) in [6.07, 6.45) is -8.54. The molecule has 37 heavy (non-hydrogen) atoms. The monoisotopic (exact) mass is 519 g/mol. The number of aromatic nitrogens is 4. The standard InChI is InChI=1S/C23H29N5O9/c24-20-14-21(26-9-25-20)28(10-27-14)22-17(33)18(13(7-30)35-22)37-23-19(16(32)15(31)12(6-29)36-23)34-8-11-4-2-1-3-5-11/h1-5,9-10,12-13,15-19,22-23,29-33H,6-8H2,(H2,24,25,26)/t12-,13-,15-,16+,17-,18-,19-,22-,23-/m1/s1. The number of imidazole rings is 1. The van der Waals surface area contributed by atoms with Crippen LogP contribution in [-0.2, 0) is 25.6 Å². The largest absolute Gasteiger partial charge is 0.394 e. The number of anilines is 1. The summed E-state index contributed by atoms with van der Waals surface area (Å²) in [6.45, 7) is -1.04. The molecule has 2 aliphatic heterocycles. The molecule has 0 unspecified atom stereocenters. The Morgan fingerprint density at radius 2 is 1.65 bits per heavy atom. The molecule has 0 amide bonds. The number of hydrogen-bond acceptors (Lipinski definition) is 13. The van der Waals surface area contributed by atoms with E-state index in [0.717, 1.165) is 5.56 Å². The van der Waals surface area contributed by atoms with Crippen LogP contribution in [0.2, 0.25) is 0 Å². The van der Waals surface area contributed by atoms with Crippen LogP contribution in [0.25, 0.3) is 11.2 Å². The van der Waals surface area contributed by atoms with Crippen molar-refractivity contribution >= 4 is 17.0 Å². The van der Waals surface area contributed by atoms with Crippen LogP contribution >= 0.6 is 0 Å². The molecule has 200 valence electrons. The van der Waals surface area contributed by atoms with Crippen molar-refractivity contribution in [1.82, 2.24) is 19.5 Å². The van der Waals surface area contributed by atoms with Gasteiger partial charge in [-0.15, -0.1) is 0 Å². The fourth-order valence-electron chi connectivity index (χ4n) is 4.59. The lowest BCUT2D eigenvalue weighted by Gasteiger charge is -2.43. The van der Waals surface area contributed by atoms with Gasteiger partial charge in [0.05, 0.1) is 26.1 Å². The zero-order valence-corrected chi connectivity index (χ0v) is 19.6. The van der Waals surface area contributed by atoms with E-state index in [4.69, 9.17) is 24.7 Å². The zero-order chi connectivity index (χ0) is 26.1. The van der Waals surface area contributed by atoms with E-state index in [1.54, 1.807) is 0 Å². The molecule has 0 bridgehead atoms. The van der Waals surface area contributed by atoms with E-state index in [1.807, 2.05) is 30.3 Å². The molecule has 7 N–H and O–H groups in total. The Balaban J connectivity index is 1.38. The van der Waals surface area contributed by atoms with Crippen molar-refractivity contribution in [2.45, 2.75) is 61.9 Å². The molecule has 5 rings (SSSR count). The topological polar surface area (TPSA) is 208 Å². The highest BCUT2D eigenvalue weighted by atomic mass is 16.7. The zero-order valence-electron chi connectivity index (χ0n) is 19.6. The lowest BCUT2D eigenvalue weighted by molar-refractivity contribution is -0.327. The van der Waals surface area contributed by atoms with Crippen molar-refractivity contribution in [2.75, 3.05) is 18.9 Å². The molecular formula is C23H29N5O9. The first-order valence-electron chi connectivity index (χ1n) is 11.7. The van der Waals surface area contributed by atoms with E-state index in [-0.39, 0.29) is 12.4 Å². The van der Waals surface area contributed by atoms with Crippen molar-refractivity contribution < 1.29 is 44.5 Å². The second kappa shape index (κ2) is 10.9. The van der Waals surface area contributed by atoms with Gasteiger partial charge in [0.2, 0.25) is 0 Å². The van der Waals surface area contributed by atoms with Gasteiger partial charge in [0.15, 0.2) is 24.0 Å². The van der Waals surface area contributed by atoms with Gasteiger partial charge in [-0.2, -0.15) is 0 Å². The SMILES string of the molecule is Nc1ncnc2c1ncn2[C@@H]1O[C@H](CO)[C@@H](O[C@H]2O[C@H](CO)[C@@H](O)[C@H](O)[C@H]2OCc2ccccc2)[C@H]1O. The Labute approximate surface area is 210 Å². The summed E-state index contributed by atoms with van der Waals surface area (Å²) in [5.74, 6) is 0.152. The third-order valence-electron chi connectivity index (χ3n) is 6.55. The Morgan fingerprint density at radius 3 is 2.38 bits per heavy atom. The van der Waals surface area contributed by atoms with Crippen molar-refractivity contribution in [3.05, 3.63) is 48.5 Å². The van der Waals surface area contributed by atoms with Gasteiger partial charge < -0.3 is 50.2 Å². The van der Waals surface area contributed by atoms with Crippen molar-refractivity contribution in [3.63, 3.8) is 0 Å². The highest BCUT2D eigenvalue weighted by Gasteiger charge is 2.51. The average Bonchev–Trinajstić information content (AvgIpc) is 3.48. The molecule has 2 saturated heterocycles. The number of hydrogen-bond donors (Lipinski definition) is 6. The van der Waals surface area contributed by atoms with Crippen LogP contribution in [0, 0.1) is 0 Å². The van der Waals surface area contributed by atoms with Gasteiger partial charge in [-0.1, -0.05) is 30.3 Å². The molecule has 4 heterocycles. The van der Waals surface area contributed by atoms with Crippen molar-refractivity contribution in [3.8, 4) is 0 Å². The van der Waals surface area contributed by atoms with Gasteiger partial charge in [-0.3, -0.25) is 4.57 Å². The fourth-order valence-corrected chi connectivity index (χ4v) is 4.59. The van der Waals surface area contributed by atoms with Gasteiger partial charge >= 0.3 is 0 Å². The molecule has 2 aliphatic rings.